The fourth-order valence-electron chi connectivity index (χ4n) is 6.76. The Morgan fingerprint density at radius 3 is 2.33 bits per heavy atom. The fourth-order valence-corrected chi connectivity index (χ4v) is 6.76. The molecule has 1 heterocycles. The molecule has 0 radical (unpaired) electrons. The van der Waals surface area contributed by atoms with Crippen LogP contribution in [-0.2, 0) is 33.3 Å². The van der Waals surface area contributed by atoms with E-state index in [-0.39, 0.29) is 36.5 Å². The third-order valence-corrected chi connectivity index (χ3v) is 8.94. The van der Waals surface area contributed by atoms with Gasteiger partial charge < -0.3 is 19.5 Å². The lowest BCUT2D eigenvalue weighted by atomic mass is 9.89. The van der Waals surface area contributed by atoms with Gasteiger partial charge in [0.25, 0.3) is 5.56 Å². The largest absolute Gasteiger partial charge is 0.466 e. The fraction of sp³-hybridized carbons (Fsp3) is 0.439. The number of amides is 1. The topological polar surface area (TPSA) is 80.6 Å². The van der Waals surface area contributed by atoms with Crippen LogP contribution in [-0.4, -0.2) is 48.6 Å². The molecular weight excluding hydrogens is 712 g/mol. The van der Waals surface area contributed by atoms with Gasteiger partial charge in [-0.15, -0.1) is 13.2 Å². The van der Waals surface area contributed by atoms with Crippen LogP contribution in [0.5, 0.6) is 0 Å². The maximum Gasteiger partial charge on any atom is 0.416 e. The maximum absolute atomic E-state index is 15.8. The first kappa shape index (κ1) is 43.8. The van der Waals surface area contributed by atoms with Crippen molar-refractivity contribution >= 4 is 11.9 Å². The van der Waals surface area contributed by atoms with E-state index in [1.807, 2.05) is 4.90 Å². The summed E-state index contributed by atoms with van der Waals surface area (Å²) in [7, 11) is 3.55. The van der Waals surface area contributed by atoms with Crippen LogP contribution in [0.4, 0.5) is 26.3 Å². The van der Waals surface area contributed by atoms with E-state index in [1.54, 1.807) is 34.0 Å². The smallest absolute Gasteiger partial charge is 0.416 e. The molecule has 0 fully saturated rings. The van der Waals surface area contributed by atoms with E-state index in [9.17, 15) is 31.9 Å². The zero-order chi connectivity index (χ0) is 40.3. The van der Waals surface area contributed by atoms with Gasteiger partial charge in [0.05, 0.1) is 24.6 Å². The number of carbonyl (C=O) groups excluding carboxylic acids is 2. The minimum atomic E-state index is -4.85. The van der Waals surface area contributed by atoms with Crippen LogP contribution in [0.3, 0.4) is 0 Å². The van der Waals surface area contributed by atoms with Crippen molar-refractivity contribution in [2.75, 3.05) is 27.2 Å². The molecule has 3 atom stereocenters. The van der Waals surface area contributed by atoms with Crippen molar-refractivity contribution in [2.45, 2.75) is 84.0 Å². The average Bonchev–Trinajstić information content (AvgIpc) is 3.06. The highest BCUT2D eigenvalue weighted by Gasteiger charge is 2.36. The molecule has 1 amide bonds. The predicted molar refractivity (Wildman–Crippen MR) is 197 cm³/mol. The standard InChI is InChI=1S/C41H49F6N3O4/c1-8-11-12-13-15-27-18-30(42)17-26(5)38(27)28-19-31(39(44)33(43)20-28)34(22-37(52)54-10-3)48-40(53)35(14-9-2)50-24-29(16-25(4)23-49(6)7)32(21-36(50)51)41(45,46)47/h8-9,17-21,24-25,34-35H,1-2,10-16,22-23H2,3-7H3,(H,48,53)/t25?,34-,35-/m0/s1. The molecule has 0 bridgehead atoms. The van der Waals surface area contributed by atoms with E-state index in [2.05, 4.69) is 18.5 Å². The van der Waals surface area contributed by atoms with Crippen LogP contribution in [0, 0.1) is 30.3 Å². The lowest BCUT2D eigenvalue weighted by molar-refractivity contribution is -0.144. The Balaban J connectivity index is 2.17. The molecule has 3 rings (SSSR count). The summed E-state index contributed by atoms with van der Waals surface area (Å²) in [5.74, 6) is -5.28. The van der Waals surface area contributed by atoms with Crippen molar-refractivity contribution in [3.63, 3.8) is 0 Å². The number of aromatic nitrogens is 1. The number of pyridine rings is 1. The van der Waals surface area contributed by atoms with Crippen LogP contribution >= 0.6 is 0 Å². The Hall–Kier alpha value is -4.65. The zero-order valence-corrected chi connectivity index (χ0v) is 31.4. The first-order valence-electron chi connectivity index (χ1n) is 17.8. The van der Waals surface area contributed by atoms with Gasteiger partial charge in [-0.1, -0.05) is 19.1 Å². The highest BCUT2D eigenvalue weighted by molar-refractivity contribution is 5.82. The first-order valence-corrected chi connectivity index (χ1v) is 17.8. The monoisotopic (exact) mass is 761 g/mol. The van der Waals surface area contributed by atoms with Gasteiger partial charge in [0.1, 0.15) is 11.9 Å². The third-order valence-electron chi connectivity index (χ3n) is 8.94. The van der Waals surface area contributed by atoms with Crippen LogP contribution in [0.15, 0.2) is 66.6 Å². The Kier molecular flexibility index (Phi) is 15.9. The summed E-state index contributed by atoms with van der Waals surface area (Å²) in [5, 5.41) is 2.55. The first-order chi connectivity index (χ1) is 25.4. The molecule has 0 saturated heterocycles. The lowest BCUT2D eigenvalue weighted by Gasteiger charge is -2.26. The van der Waals surface area contributed by atoms with Crippen LogP contribution in [0.25, 0.3) is 11.1 Å². The summed E-state index contributed by atoms with van der Waals surface area (Å²) in [6.45, 7) is 12.6. The molecule has 1 N–H and O–H groups in total. The van der Waals surface area contributed by atoms with Crippen molar-refractivity contribution < 1.29 is 40.7 Å². The predicted octanol–water partition coefficient (Wildman–Crippen LogP) is 8.83. The van der Waals surface area contributed by atoms with Crippen molar-refractivity contribution in [1.82, 2.24) is 14.8 Å². The summed E-state index contributed by atoms with van der Waals surface area (Å²) in [6, 6.07) is 2.21. The molecule has 0 aliphatic rings. The second kappa shape index (κ2) is 19.6. The van der Waals surface area contributed by atoms with E-state index < -0.39 is 70.7 Å². The molecule has 294 valence electrons. The van der Waals surface area contributed by atoms with Gasteiger partial charge in [0.15, 0.2) is 11.6 Å². The number of unbranched alkanes of at least 4 members (excludes halogenated alkanes) is 2. The minimum absolute atomic E-state index is 0.0601. The molecule has 7 nitrogen and oxygen atoms in total. The van der Waals surface area contributed by atoms with Gasteiger partial charge in [0, 0.05) is 24.4 Å². The van der Waals surface area contributed by atoms with Crippen LogP contribution in [0.1, 0.15) is 85.9 Å². The number of rotatable bonds is 19. The van der Waals surface area contributed by atoms with E-state index >= 15 is 8.78 Å². The number of alkyl halides is 3. The number of carbonyl (C=O) groups is 2. The molecule has 13 heteroatoms. The molecule has 0 saturated carbocycles. The van der Waals surface area contributed by atoms with Gasteiger partial charge in [0.2, 0.25) is 5.91 Å². The summed E-state index contributed by atoms with van der Waals surface area (Å²) in [6.07, 6.45) is 0.795. The second-order valence-corrected chi connectivity index (χ2v) is 13.8. The highest BCUT2D eigenvalue weighted by Crippen LogP contribution is 2.36. The van der Waals surface area contributed by atoms with Crippen molar-refractivity contribution in [2.24, 2.45) is 5.92 Å². The van der Waals surface area contributed by atoms with E-state index in [4.69, 9.17) is 4.74 Å². The SMILES string of the molecule is C=CCCCCc1cc(F)cc(C)c1-c1cc(F)c(F)c([C@H](CC(=O)OCC)NC(=O)[C@H](CC=C)n2cc(CC(C)CN(C)C)c(C(F)(F)F)cc2=O)c1. The van der Waals surface area contributed by atoms with Gasteiger partial charge in [-0.3, -0.25) is 14.4 Å². The summed E-state index contributed by atoms with van der Waals surface area (Å²) in [4.78, 5) is 42.0. The highest BCUT2D eigenvalue weighted by atomic mass is 19.4. The molecule has 0 spiro atoms. The molecule has 1 unspecified atom stereocenters. The Morgan fingerprint density at radius 2 is 1.72 bits per heavy atom. The molecule has 54 heavy (non-hydrogen) atoms. The van der Waals surface area contributed by atoms with Crippen LogP contribution in [0.2, 0.25) is 0 Å². The second-order valence-electron chi connectivity index (χ2n) is 13.8. The number of ether oxygens (including phenoxy) is 1. The number of benzene rings is 2. The van der Waals surface area contributed by atoms with Gasteiger partial charge in [-0.05, 0) is 124 Å². The number of nitrogens with one attached hydrogen (secondary N) is 1. The summed E-state index contributed by atoms with van der Waals surface area (Å²) < 4.78 is 94.2. The van der Waals surface area contributed by atoms with Crippen LogP contribution < -0.4 is 10.9 Å². The van der Waals surface area contributed by atoms with Crippen molar-refractivity contribution in [3.8, 4) is 11.1 Å². The number of hydrogen-bond acceptors (Lipinski definition) is 5. The van der Waals surface area contributed by atoms with E-state index in [1.165, 1.54) is 31.2 Å². The zero-order valence-electron chi connectivity index (χ0n) is 31.4. The number of hydrogen-bond donors (Lipinski definition) is 1. The Labute approximate surface area is 312 Å². The quantitative estimate of drug-likeness (QED) is 0.0572. The van der Waals surface area contributed by atoms with Gasteiger partial charge >= 0.3 is 12.1 Å². The normalized spacial score (nSPS) is 13.3. The number of allylic oxidation sites excluding steroid dienone is 2. The molecule has 3 aromatic rings. The van der Waals surface area contributed by atoms with Gasteiger partial charge in [-0.2, -0.15) is 13.2 Å². The summed E-state index contributed by atoms with van der Waals surface area (Å²) >= 11 is 0. The maximum atomic E-state index is 15.8. The minimum Gasteiger partial charge on any atom is -0.466 e. The lowest BCUT2D eigenvalue weighted by Crippen LogP contribution is -2.40. The molecule has 0 aliphatic heterocycles. The van der Waals surface area contributed by atoms with Crippen molar-refractivity contribution in [1.29, 1.82) is 0 Å². The summed E-state index contributed by atoms with van der Waals surface area (Å²) in [5.41, 5.74) is -1.28. The Bertz CT molecular complexity index is 1870. The average molecular weight is 762 g/mol. The van der Waals surface area contributed by atoms with Crippen molar-refractivity contribution in [3.05, 3.63) is 117 Å². The van der Waals surface area contributed by atoms with Gasteiger partial charge in [-0.25, -0.2) is 13.2 Å². The van der Waals surface area contributed by atoms with E-state index in [0.717, 1.165) is 29.7 Å². The molecular formula is C41H49F6N3O4. The Morgan fingerprint density at radius 1 is 1.02 bits per heavy atom. The third kappa shape index (κ3) is 11.7. The van der Waals surface area contributed by atoms with E-state index in [0.29, 0.717) is 42.1 Å². The molecule has 0 aliphatic carbocycles. The molecule has 2 aromatic carbocycles. The molecule has 1 aromatic heterocycles. The number of aryl methyl sites for hydroxylation is 2. The number of nitrogens with zero attached hydrogens (tertiary/aromatic N) is 2. The number of halogens is 6. The number of esters is 1.